The molecule has 0 amide bonds. The van der Waals surface area contributed by atoms with E-state index in [1.165, 1.54) is 6.07 Å². The molecule has 0 saturated carbocycles. The molecule has 0 atom stereocenters. The molecule has 0 spiro atoms. The highest BCUT2D eigenvalue weighted by Crippen LogP contribution is 2.21. The van der Waals surface area contributed by atoms with Crippen molar-refractivity contribution in [1.82, 2.24) is 4.98 Å². The Kier molecular flexibility index (Phi) is 4.11. The van der Waals surface area contributed by atoms with Crippen LogP contribution in [0.1, 0.15) is 11.1 Å². The van der Waals surface area contributed by atoms with Gasteiger partial charge in [0.1, 0.15) is 5.82 Å². The minimum atomic E-state index is -0.399. The molecule has 5 nitrogen and oxygen atoms in total. The van der Waals surface area contributed by atoms with Crippen molar-refractivity contribution in [3.63, 3.8) is 0 Å². The molecule has 2 rings (SSSR count). The van der Waals surface area contributed by atoms with Crippen molar-refractivity contribution in [2.75, 3.05) is 5.32 Å². The second kappa shape index (κ2) is 5.79. The number of anilines is 1. The molecule has 0 radical (unpaired) electrons. The summed E-state index contributed by atoms with van der Waals surface area (Å²) < 4.78 is 0.873. The van der Waals surface area contributed by atoms with Gasteiger partial charge in [0, 0.05) is 24.9 Å². The number of nitrogens with one attached hydrogen (secondary N) is 1. The van der Waals surface area contributed by atoms with Crippen LogP contribution in [0.4, 0.5) is 11.5 Å². The molecule has 1 N–H and O–H groups in total. The zero-order valence-corrected chi connectivity index (χ0v) is 11.8. The summed E-state index contributed by atoms with van der Waals surface area (Å²) in [5, 5.41) is 13.8. The third-order valence-corrected chi connectivity index (χ3v) is 3.16. The third kappa shape index (κ3) is 3.51. The van der Waals surface area contributed by atoms with Crippen LogP contribution in [-0.2, 0) is 6.54 Å². The number of nitro benzene ring substituents is 1. The maximum Gasteiger partial charge on any atom is 0.269 e. The summed E-state index contributed by atoms with van der Waals surface area (Å²) in [6, 6.07) is 8.50. The van der Waals surface area contributed by atoms with Crippen LogP contribution in [-0.4, -0.2) is 9.91 Å². The summed E-state index contributed by atoms with van der Waals surface area (Å²) in [5.41, 5.74) is 1.99. The van der Waals surface area contributed by atoms with Crippen molar-refractivity contribution in [3.05, 3.63) is 62.2 Å². The van der Waals surface area contributed by atoms with Crippen molar-refractivity contribution in [1.29, 1.82) is 0 Å². The van der Waals surface area contributed by atoms with Crippen LogP contribution in [0, 0.1) is 17.0 Å². The maximum absolute atomic E-state index is 10.7. The van der Waals surface area contributed by atoms with Crippen LogP contribution < -0.4 is 5.32 Å². The summed E-state index contributed by atoms with van der Waals surface area (Å²) in [6.07, 6.45) is 1.76. The third-order valence-electron chi connectivity index (χ3n) is 2.56. The van der Waals surface area contributed by atoms with Gasteiger partial charge in [0.2, 0.25) is 0 Å². The van der Waals surface area contributed by atoms with Crippen LogP contribution >= 0.6 is 15.9 Å². The number of hydrogen-bond acceptors (Lipinski definition) is 4. The first kappa shape index (κ1) is 13.5. The zero-order chi connectivity index (χ0) is 13.8. The normalized spacial score (nSPS) is 10.2. The Morgan fingerprint density at radius 3 is 2.89 bits per heavy atom. The summed E-state index contributed by atoms with van der Waals surface area (Å²) in [6.45, 7) is 2.44. The molecule has 0 unspecified atom stereocenters. The van der Waals surface area contributed by atoms with Crippen molar-refractivity contribution in [3.8, 4) is 0 Å². The first-order valence-corrected chi connectivity index (χ1v) is 6.45. The number of pyridine rings is 1. The van der Waals surface area contributed by atoms with Crippen molar-refractivity contribution in [2.24, 2.45) is 0 Å². The van der Waals surface area contributed by atoms with Crippen molar-refractivity contribution >= 4 is 27.4 Å². The van der Waals surface area contributed by atoms with Crippen LogP contribution in [0.15, 0.2) is 41.0 Å². The van der Waals surface area contributed by atoms with Gasteiger partial charge in [0.25, 0.3) is 5.69 Å². The predicted octanol–water partition coefficient (Wildman–Crippen LogP) is 3.67. The van der Waals surface area contributed by atoms with E-state index in [1.807, 2.05) is 19.1 Å². The van der Waals surface area contributed by atoms with Crippen molar-refractivity contribution < 1.29 is 4.92 Å². The maximum atomic E-state index is 10.7. The molecule has 1 aromatic heterocycles. The molecule has 1 heterocycles. The molecule has 0 fully saturated rings. The fraction of sp³-hybridized carbons (Fsp3) is 0.154. The molecule has 2 aromatic rings. The Bertz CT molecular complexity index is 617. The Balaban J connectivity index is 2.10. The molecular weight excluding hydrogens is 310 g/mol. The van der Waals surface area contributed by atoms with Crippen LogP contribution in [0.2, 0.25) is 0 Å². The number of benzene rings is 1. The lowest BCUT2D eigenvalue weighted by atomic mass is 10.2. The lowest BCUT2D eigenvalue weighted by Gasteiger charge is -2.08. The molecule has 1 aromatic carbocycles. The number of rotatable bonds is 4. The average molecular weight is 322 g/mol. The number of aryl methyl sites for hydroxylation is 1. The Hall–Kier alpha value is -1.95. The number of hydrogen-bond donors (Lipinski definition) is 1. The summed E-state index contributed by atoms with van der Waals surface area (Å²) >= 11 is 3.43. The average Bonchev–Trinajstić information content (AvgIpc) is 2.38. The van der Waals surface area contributed by atoms with Crippen LogP contribution in [0.25, 0.3) is 0 Å². The minimum Gasteiger partial charge on any atom is -0.365 e. The molecule has 0 aliphatic carbocycles. The fourth-order valence-corrected chi connectivity index (χ4v) is 2.23. The molecule has 0 aliphatic heterocycles. The molecule has 0 saturated heterocycles. The number of nitrogens with zero attached hydrogens (tertiary/aromatic N) is 2. The number of halogens is 1. The zero-order valence-electron chi connectivity index (χ0n) is 10.3. The van der Waals surface area contributed by atoms with Gasteiger partial charge in [-0.1, -0.05) is 12.1 Å². The van der Waals surface area contributed by atoms with Gasteiger partial charge in [-0.3, -0.25) is 10.1 Å². The second-order valence-corrected chi connectivity index (χ2v) is 4.98. The van der Waals surface area contributed by atoms with Gasteiger partial charge in [0.15, 0.2) is 0 Å². The van der Waals surface area contributed by atoms with E-state index < -0.39 is 4.92 Å². The van der Waals surface area contributed by atoms with Gasteiger partial charge < -0.3 is 5.32 Å². The smallest absolute Gasteiger partial charge is 0.269 e. The Morgan fingerprint density at radius 1 is 1.42 bits per heavy atom. The van der Waals surface area contributed by atoms with E-state index in [2.05, 4.69) is 26.2 Å². The van der Waals surface area contributed by atoms with Gasteiger partial charge in [-0.15, -0.1) is 0 Å². The standard InChI is InChI=1S/C13H12BrN3O2/c1-9-5-12(14)13(15-7-9)16-8-10-3-2-4-11(6-10)17(18)19/h2-7H,8H2,1H3,(H,15,16). The van der Waals surface area contributed by atoms with E-state index in [1.54, 1.807) is 18.3 Å². The fourth-order valence-electron chi connectivity index (χ4n) is 1.63. The van der Waals surface area contributed by atoms with E-state index in [-0.39, 0.29) is 5.69 Å². The van der Waals surface area contributed by atoms with Gasteiger partial charge in [0.05, 0.1) is 9.40 Å². The van der Waals surface area contributed by atoms with Crippen LogP contribution in [0.3, 0.4) is 0 Å². The highest BCUT2D eigenvalue weighted by Gasteiger charge is 2.06. The van der Waals surface area contributed by atoms with E-state index in [9.17, 15) is 10.1 Å². The van der Waals surface area contributed by atoms with E-state index in [0.29, 0.717) is 6.54 Å². The number of nitro groups is 1. The largest absolute Gasteiger partial charge is 0.365 e. The lowest BCUT2D eigenvalue weighted by Crippen LogP contribution is -2.02. The first-order valence-electron chi connectivity index (χ1n) is 5.65. The molecule has 6 heteroatoms. The highest BCUT2D eigenvalue weighted by molar-refractivity contribution is 9.10. The molecule has 0 aliphatic rings. The lowest BCUT2D eigenvalue weighted by molar-refractivity contribution is -0.384. The predicted molar refractivity (Wildman–Crippen MR) is 77.1 cm³/mol. The molecule has 0 bridgehead atoms. The van der Waals surface area contributed by atoms with Gasteiger partial charge in [-0.05, 0) is 40.0 Å². The second-order valence-electron chi connectivity index (χ2n) is 4.12. The summed E-state index contributed by atoms with van der Waals surface area (Å²) in [7, 11) is 0. The summed E-state index contributed by atoms with van der Waals surface area (Å²) in [4.78, 5) is 14.5. The van der Waals surface area contributed by atoms with Gasteiger partial charge >= 0.3 is 0 Å². The molecular formula is C13H12BrN3O2. The molecule has 19 heavy (non-hydrogen) atoms. The quantitative estimate of drug-likeness (QED) is 0.689. The van der Waals surface area contributed by atoms with Crippen LogP contribution in [0.5, 0.6) is 0 Å². The SMILES string of the molecule is Cc1cnc(NCc2cccc([N+](=O)[O-])c2)c(Br)c1. The summed E-state index contributed by atoms with van der Waals surface area (Å²) in [5.74, 6) is 0.720. The Morgan fingerprint density at radius 2 is 2.21 bits per heavy atom. The monoisotopic (exact) mass is 321 g/mol. The topological polar surface area (TPSA) is 68.1 Å². The highest BCUT2D eigenvalue weighted by atomic mass is 79.9. The number of non-ortho nitro benzene ring substituents is 1. The minimum absolute atomic E-state index is 0.0928. The van der Waals surface area contributed by atoms with E-state index >= 15 is 0 Å². The van der Waals surface area contributed by atoms with Gasteiger partial charge in [-0.25, -0.2) is 4.98 Å². The molecule has 98 valence electrons. The Labute approximate surface area is 119 Å². The van der Waals surface area contributed by atoms with E-state index in [0.717, 1.165) is 21.4 Å². The van der Waals surface area contributed by atoms with E-state index in [4.69, 9.17) is 0 Å². The van der Waals surface area contributed by atoms with Crippen molar-refractivity contribution in [2.45, 2.75) is 13.5 Å². The number of aromatic nitrogens is 1. The van der Waals surface area contributed by atoms with Gasteiger partial charge in [-0.2, -0.15) is 0 Å². The first-order chi connectivity index (χ1) is 9.06.